The van der Waals surface area contributed by atoms with Crippen molar-refractivity contribution in [2.24, 2.45) is 5.92 Å². The fraction of sp³-hybridized carbons (Fsp3) is 0.577. The van der Waals surface area contributed by atoms with Crippen LogP contribution in [0.5, 0.6) is 5.75 Å². The molecule has 1 aliphatic heterocycles. The summed E-state index contributed by atoms with van der Waals surface area (Å²) >= 11 is 3.56. The van der Waals surface area contributed by atoms with Crippen LogP contribution in [0, 0.1) is 12.8 Å². The number of aromatic nitrogens is 4. The standard InChI is InChI=1S/C26H39BrN8O/c1-6-33(7-2)9-8-28-21-14-20(36-16-18(3)4)15-22(19(21)5)34-10-12-35(13-11-34)26-23-24(27)31-32-25(23)29-17-30-26/h14-15,17-18,28H,6-13,16H2,1-5H3,(H,29,30,31,32). The van der Waals surface area contributed by atoms with Gasteiger partial charge in [0.1, 0.15) is 22.5 Å². The monoisotopic (exact) mass is 558 g/mol. The van der Waals surface area contributed by atoms with Crippen molar-refractivity contribution >= 4 is 44.2 Å². The molecule has 1 aliphatic rings. The van der Waals surface area contributed by atoms with Crippen molar-refractivity contribution in [1.82, 2.24) is 25.1 Å². The minimum atomic E-state index is 0.476. The van der Waals surface area contributed by atoms with E-state index in [1.54, 1.807) is 6.33 Å². The lowest BCUT2D eigenvalue weighted by Crippen LogP contribution is -2.47. The largest absolute Gasteiger partial charge is 0.493 e. The van der Waals surface area contributed by atoms with Crippen molar-refractivity contribution in [1.29, 1.82) is 0 Å². The smallest absolute Gasteiger partial charge is 0.187 e. The molecule has 36 heavy (non-hydrogen) atoms. The van der Waals surface area contributed by atoms with Crippen molar-refractivity contribution in [3.05, 3.63) is 28.6 Å². The lowest BCUT2D eigenvalue weighted by molar-refractivity contribution is 0.271. The van der Waals surface area contributed by atoms with E-state index in [-0.39, 0.29) is 0 Å². The Hall–Kier alpha value is -2.59. The summed E-state index contributed by atoms with van der Waals surface area (Å²) in [6.07, 6.45) is 1.59. The average molecular weight is 560 g/mol. The number of aromatic amines is 1. The second-order valence-corrected chi connectivity index (χ2v) is 10.5. The van der Waals surface area contributed by atoms with E-state index in [2.05, 4.69) is 103 Å². The van der Waals surface area contributed by atoms with Crippen LogP contribution in [0.2, 0.25) is 0 Å². The highest BCUT2D eigenvalue weighted by Crippen LogP contribution is 2.35. The van der Waals surface area contributed by atoms with Crippen molar-refractivity contribution < 1.29 is 4.74 Å². The molecule has 4 rings (SSSR count). The van der Waals surface area contributed by atoms with Crippen LogP contribution in [0.3, 0.4) is 0 Å². The highest BCUT2D eigenvalue weighted by molar-refractivity contribution is 9.10. The van der Waals surface area contributed by atoms with Gasteiger partial charge in [0.25, 0.3) is 0 Å². The van der Waals surface area contributed by atoms with Gasteiger partial charge in [0.2, 0.25) is 0 Å². The lowest BCUT2D eigenvalue weighted by Gasteiger charge is -2.38. The van der Waals surface area contributed by atoms with E-state index >= 15 is 0 Å². The molecule has 0 bridgehead atoms. The molecule has 10 heteroatoms. The van der Waals surface area contributed by atoms with E-state index in [1.165, 1.54) is 11.3 Å². The van der Waals surface area contributed by atoms with Gasteiger partial charge in [0.15, 0.2) is 5.65 Å². The van der Waals surface area contributed by atoms with Crippen LogP contribution < -0.4 is 19.9 Å². The van der Waals surface area contributed by atoms with Gasteiger partial charge in [-0.05, 0) is 47.4 Å². The fourth-order valence-corrected chi connectivity index (χ4v) is 5.07. The molecule has 9 nitrogen and oxygen atoms in total. The molecule has 1 aromatic carbocycles. The summed E-state index contributed by atoms with van der Waals surface area (Å²) in [5.41, 5.74) is 4.33. The molecule has 3 aromatic rings. The number of hydrogen-bond donors (Lipinski definition) is 2. The summed E-state index contributed by atoms with van der Waals surface area (Å²) in [5.74, 6) is 2.32. The molecule has 196 valence electrons. The molecule has 1 fully saturated rings. The Morgan fingerprint density at radius 3 is 2.53 bits per heavy atom. The number of hydrogen-bond acceptors (Lipinski definition) is 8. The van der Waals surface area contributed by atoms with Gasteiger partial charge < -0.3 is 24.8 Å². The number of likely N-dealkylation sites (N-methyl/N-ethyl adjacent to an activating group) is 1. The number of nitrogens with one attached hydrogen (secondary N) is 2. The summed E-state index contributed by atoms with van der Waals surface area (Å²) in [7, 11) is 0. The van der Waals surface area contributed by atoms with Crippen LogP contribution in [0.15, 0.2) is 23.1 Å². The molecule has 0 aliphatic carbocycles. The Bertz CT molecular complexity index is 1140. The quantitative estimate of drug-likeness (QED) is 0.354. The van der Waals surface area contributed by atoms with E-state index in [0.29, 0.717) is 18.2 Å². The zero-order valence-corrected chi connectivity index (χ0v) is 23.7. The maximum atomic E-state index is 6.19. The van der Waals surface area contributed by atoms with Crippen molar-refractivity contribution in [3.8, 4) is 5.75 Å². The highest BCUT2D eigenvalue weighted by Gasteiger charge is 2.24. The third-order valence-electron chi connectivity index (χ3n) is 6.78. The normalized spacial score (nSPS) is 14.3. The Kier molecular flexibility index (Phi) is 8.90. The number of benzene rings is 1. The fourth-order valence-electron chi connectivity index (χ4n) is 4.63. The average Bonchev–Trinajstić information content (AvgIpc) is 3.27. The van der Waals surface area contributed by atoms with Crippen molar-refractivity contribution in [2.75, 3.05) is 74.1 Å². The molecule has 2 aromatic heterocycles. The summed E-state index contributed by atoms with van der Waals surface area (Å²) in [5, 5.41) is 11.8. The zero-order valence-electron chi connectivity index (χ0n) is 22.1. The molecule has 0 radical (unpaired) electrons. The molecular weight excluding hydrogens is 520 g/mol. The van der Waals surface area contributed by atoms with Crippen LogP contribution in [0.4, 0.5) is 17.2 Å². The first-order chi connectivity index (χ1) is 17.4. The van der Waals surface area contributed by atoms with Crippen molar-refractivity contribution in [2.45, 2.75) is 34.6 Å². The van der Waals surface area contributed by atoms with Gasteiger partial charge in [-0.1, -0.05) is 27.7 Å². The number of piperazine rings is 1. The predicted octanol–water partition coefficient (Wildman–Crippen LogP) is 4.54. The van der Waals surface area contributed by atoms with E-state index in [0.717, 1.165) is 79.6 Å². The molecule has 0 saturated carbocycles. The lowest BCUT2D eigenvalue weighted by atomic mass is 10.1. The zero-order chi connectivity index (χ0) is 25.7. The Morgan fingerprint density at radius 1 is 1.11 bits per heavy atom. The third-order valence-corrected chi connectivity index (χ3v) is 7.36. The molecule has 1 saturated heterocycles. The van der Waals surface area contributed by atoms with Gasteiger partial charge in [-0.25, -0.2) is 9.97 Å². The SMILES string of the molecule is CCN(CC)CCNc1cc(OCC(C)C)cc(N2CCN(c3ncnc4n[nH]c(Br)c34)CC2)c1C. The number of halogens is 1. The van der Waals surface area contributed by atoms with Crippen LogP contribution in [-0.4, -0.2) is 84.0 Å². The molecule has 0 unspecified atom stereocenters. The Labute approximate surface area is 222 Å². The van der Waals surface area contributed by atoms with E-state index in [9.17, 15) is 0 Å². The Morgan fingerprint density at radius 2 is 1.83 bits per heavy atom. The first-order valence-corrected chi connectivity index (χ1v) is 13.8. The van der Waals surface area contributed by atoms with E-state index < -0.39 is 0 Å². The molecule has 3 heterocycles. The maximum Gasteiger partial charge on any atom is 0.187 e. The number of H-pyrrole nitrogens is 1. The van der Waals surface area contributed by atoms with Gasteiger partial charge >= 0.3 is 0 Å². The Balaban J connectivity index is 1.51. The second-order valence-electron chi connectivity index (χ2n) is 9.68. The number of nitrogens with zero attached hydrogens (tertiary/aromatic N) is 6. The summed E-state index contributed by atoms with van der Waals surface area (Å²) in [6.45, 7) is 19.3. The van der Waals surface area contributed by atoms with Crippen LogP contribution in [0.1, 0.15) is 33.3 Å². The summed E-state index contributed by atoms with van der Waals surface area (Å²) in [6, 6.07) is 4.37. The molecule has 0 spiro atoms. The van der Waals surface area contributed by atoms with Gasteiger partial charge in [0.05, 0.1) is 12.0 Å². The van der Waals surface area contributed by atoms with Gasteiger partial charge in [0, 0.05) is 62.8 Å². The maximum absolute atomic E-state index is 6.19. The van der Waals surface area contributed by atoms with Gasteiger partial charge in [-0.15, -0.1) is 0 Å². The molecule has 0 amide bonds. The topological polar surface area (TPSA) is 85.4 Å². The molecule has 0 atom stereocenters. The van der Waals surface area contributed by atoms with E-state index in [1.807, 2.05) is 0 Å². The number of ether oxygens (including phenoxy) is 1. The highest BCUT2D eigenvalue weighted by atomic mass is 79.9. The molecular formula is C26H39BrN8O. The number of anilines is 3. The third kappa shape index (κ3) is 6.03. The predicted molar refractivity (Wildman–Crippen MR) is 152 cm³/mol. The van der Waals surface area contributed by atoms with Gasteiger partial charge in [-0.2, -0.15) is 5.10 Å². The first kappa shape index (κ1) is 26.5. The van der Waals surface area contributed by atoms with Crippen LogP contribution >= 0.6 is 15.9 Å². The number of rotatable bonds is 11. The molecule has 2 N–H and O–H groups in total. The first-order valence-electron chi connectivity index (χ1n) is 13.0. The van der Waals surface area contributed by atoms with Crippen LogP contribution in [-0.2, 0) is 0 Å². The minimum absolute atomic E-state index is 0.476. The minimum Gasteiger partial charge on any atom is -0.493 e. The van der Waals surface area contributed by atoms with Crippen molar-refractivity contribution in [3.63, 3.8) is 0 Å². The van der Waals surface area contributed by atoms with Gasteiger partial charge in [-0.3, -0.25) is 5.10 Å². The second kappa shape index (κ2) is 12.1. The summed E-state index contributed by atoms with van der Waals surface area (Å²) < 4.78 is 7.01. The number of fused-ring (bicyclic) bond motifs is 1. The van der Waals surface area contributed by atoms with Crippen LogP contribution in [0.25, 0.3) is 11.0 Å². The summed E-state index contributed by atoms with van der Waals surface area (Å²) in [4.78, 5) is 16.1. The van der Waals surface area contributed by atoms with E-state index in [4.69, 9.17) is 4.74 Å².